The summed E-state index contributed by atoms with van der Waals surface area (Å²) >= 11 is 0. The molecule has 0 rings (SSSR count). The third kappa shape index (κ3) is 71.0. The maximum atomic E-state index is 9.53. The van der Waals surface area contributed by atoms with Gasteiger partial charge < -0.3 is 5.11 Å². The molecule has 0 amide bonds. The Morgan fingerprint density at radius 3 is 1.44 bits per heavy atom. The van der Waals surface area contributed by atoms with E-state index in [1.807, 2.05) is 0 Å². The summed E-state index contributed by atoms with van der Waals surface area (Å²) in [6.07, 6.45) is 2.02. The van der Waals surface area contributed by atoms with Crippen molar-refractivity contribution in [1.29, 1.82) is 0 Å². The van der Waals surface area contributed by atoms with Gasteiger partial charge in [-0.3, -0.25) is 0 Å². The zero-order valence-electron chi connectivity index (χ0n) is 6.98. The molecule has 0 spiro atoms. The predicted molar refractivity (Wildman–Crippen MR) is 41.9 cm³/mol. The zero-order valence-corrected chi connectivity index (χ0v) is 6.98. The normalized spacial score (nSPS) is 7.78. The van der Waals surface area contributed by atoms with Gasteiger partial charge in [0.05, 0.1) is 0 Å². The molecule has 0 heterocycles. The van der Waals surface area contributed by atoms with Crippen molar-refractivity contribution >= 4 is 7.28 Å². The van der Waals surface area contributed by atoms with Gasteiger partial charge in [0, 0.05) is 0 Å². The van der Waals surface area contributed by atoms with Crippen LogP contribution < -0.4 is 5.11 Å². The fourth-order valence-electron chi connectivity index (χ4n) is 0.289. The van der Waals surface area contributed by atoms with E-state index in [0.29, 0.717) is 0 Å². The van der Waals surface area contributed by atoms with Gasteiger partial charge in [-0.25, -0.2) is 0 Å². The van der Waals surface area contributed by atoms with Crippen LogP contribution >= 0.6 is 0 Å². The van der Waals surface area contributed by atoms with Crippen LogP contribution in [0.25, 0.3) is 0 Å². The van der Waals surface area contributed by atoms with Crippen molar-refractivity contribution in [3.05, 3.63) is 0 Å². The van der Waals surface area contributed by atoms with Crippen LogP contribution in [0.3, 0.4) is 0 Å². The summed E-state index contributed by atoms with van der Waals surface area (Å²) in [6.45, 7) is 7.53. The van der Waals surface area contributed by atoms with E-state index >= 15 is 0 Å². The van der Waals surface area contributed by atoms with Gasteiger partial charge in [0.1, 0.15) is 0 Å². The Hall–Kier alpha value is 0.0249. The molecule has 2 heteroatoms. The van der Waals surface area contributed by atoms with Crippen molar-refractivity contribution in [1.82, 2.24) is 0 Å². The van der Waals surface area contributed by atoms with Crippen molar-refractivity contribution < 1.29 is 5.11 Å². The van der Waals surface area contributed by atoms with E-state index < -0.39 is 6.10 Å². The molecule has 0 unspecified atom stereocenters. The molecule has 0 aliphatic heterocycles. The predicted octanol–water partition coefficient (Wildman–Crippen LogP) is 1.32. The van der Waals surface area contributed by atoms with E-state index in [1.165, 1.54) is 12.6 Å². The first kappa shape index (κ1) is 11.8. The van der Waals surface area contributed by atoms with E-state index in [1.54, 1.807) is 13.8 Å². The second-order valence-electron chi connectivity index (χ2n) is 2.15. The molecule has 0 aromatic rings. The van der Waals surface area contributed by atoms with E-state index in [0.717, 1.165) is 0 Å². The first-order valence-corrected chi connectivity index (χ1v) is 3.62. The molecule has 0 bridgehead atoms. The third-order valence-electron chi connectivity index (χ3n) is 0.577. The summed E-state index contributed by atoms with van der Waals surface area (Å²) in [7, 11) is 2.25. The average Bonchev–Trinajstić information content (AvgIpc) is 1.66. The summed E-state index contributed by atoms with van der Waals surface area (Å²) in [5.41, 5.74) is 0. The van der Waals surface area contributed by atoms with E-state index in [2.05, 4.69) is 21.1 Å². The van der Waals surface area contributed by atoms with Gasteiger partial charge >= 0.3 is 33.8 Å². The summed E-state index contributed by atoms with van der Waals surface area (Å²) in [4.78, 5) is 0. The fourth-order valence-corrected chi connectivity index (χ4v) is 0.289. The number of rotatable bonds is 2. The zero-order chi connectivity index (χ0) is 7.70. The van der Waals surface area contributed by atoms with Gasteiger partial charge in [-0.05, 0) is 0 Å². The van der Waals surface area contributed by atoms with Crippen LogP contribution in [0.5, 0.6) is 0 Å². The van der Waals surface area contributed by atoms with E-state index in [9.17, 15) is 5.11 Å². The standard InChI is InChI=1S/C4H10B.C3H7O/c1-3-5-4-2;1-3(2)4/h3-4H2,1-2H3;3H,1-2H3/q+1;-1. The molecule has 0 radical (unpaired) electrons. The van der Waals surface area contributed by atoms with Gasteiger partial charge in [0.25, 0.3) is 0 Å². The second kappa shape index (κ2) is 10.9. The van der Waals surface area contributed by atoms with Crippen LogP contribution in [0.1, 0.15) is 27.7 Å². The number of hydrogen-bond donors (Lipinski definition) is 0. The Balaban J connectivity index is 0. The van der Waals surface area contributed by atoms with Gasteiger partial charge in [0.2, 0.25) is 0 Å². The molecule has 0 aromatic carbocycles. The fraction of sp³-hybridized carbons (Fsp3) is 1.00. The molecule has 0 fully saturated rings. The Labute approximate surface area is 59.7 Å². The minimum atomic E-state index is -0.417. The summed E-state index contributed by atoms with van der Waals surface area (Å²) in [5, 5.41) is 9.53. The maximum absolute atomic E-state index is 9.53. The van der Waals surface area contributed by atoms with Crippen molar-refractivity contribution in [2.24, 2.45) is 0 Å². The molecule has 0 aromatic heterocycles. The molecular formula is C7H17BO. The molecule has 0 aliphatic carbocycles. The van der Waals surface area contributed by atoms with Gasteiger partial charge in [-0.1, -0.05) is 13.8 Å². The molecule has 9 heavy (non-hydrogen) atoms. The van der Waals surface area contributed by atoms with Crippen LogP contribution in [0.15, 0.2) is 0 Å². The Kier molecular flexibility index (Phi) is 14.3. The van der Waals surface area contributed by atoms with Crippen molar-refractivity contribution in [2.75, 3.05) is 0 Å². The topological polar surface area (TPSA) is 23.1 Å². The second-order valence-corrected chi connectivity index (χ2v) is 2.15. The van der Waals surface area contributed by atoms with Crippen LogP contribution in [-0.2, 0) is 0 Å². The molecule has 0 N–H and O–H groups in total. The number of hydrogen-bond acceptors (Lipinski definition) is 1. The monoisotopic (exact) mass is 128 g/mol. The first-order valence-electron chi connectivity index (χ1n) is 3.62. The minimum absolute atomic E-state index is 0.417. The first-order chi connectivity index (χ1) is 4.15. The molecule has 1 nitrogen and oxygen atoms in total. The quantitative estimate of drug-likeness (QED) is 0.514. The third-order valence-corrected chi connectivity index (χ3v) is 0.577. The molecule has 0 aliphatic rings. The molecule has 0 saturated heterocycles. The molecule has 54 valence electrons. The van der Waals surface area contributed by atoms with Crippen LogP contribution in [0.2, 0.25) is 12.6 Å². The summed E-state index contributed by atoms with van der Waals surface area (Å²) in [6, 6.07) is 0. The summed E-state index contributed by atoms with van der Waals surface area (Å²) in [5.74, 6) is 0. The Morgan fingerprint density at radius 1 is 1.22 bits per heavy atom. The Bertz CT molecular complexity index is 33.1. The summed E-state index contributed by atoms with van der Waals surface area (Å²) < 4.78 is 0. The molecular weight excluding hydrogens is 111 g/mol. The van der Waals surface area contributed by atoms with E-state index in [4.69, 9.17) is 0 Å². The van der Waals surface area contributed by atoms with Crippen molar-refractivity contribution in [2.45, 2.75) is 46.4 Å². The molecule has 0 saturated carbocycles. The van der Waals surface area contributed by atoms with Crippen LogP contribution in [-0.4, -0.2) is 13.4 Å². The SMILES string of the molecule is CC(C)[O-].CC[B+]CC. The Morgan fingerprint density at radius 2 is 1.44 bits per heavy atom. The molecule has 0 atom stereocenters. The average molecular weight is 128 g/mol. The van der Waals surface area contributed by atoms with E-state index in [-0.39, 0.29) is 0 Å². The van der Waals surface area contributed by atoms with Crippen molar-refractivity contribution in [3.8, 4) is 0 Å². The van der Waals surface area contributed by atoms with Gasteiger partial charge in [-0.15, -0.1) is 6.10 Å². The van der Waals surface area contributed by atoms with Crippen LogP contribution in [0.4, 0.5) is 0 Å². The van der Waals surface area contributed by atoms with Gasteiger partial charge in [0.15, 0.2) is 0 Å². The van der Waals surface area contributed by atoms with Gasteiger partial charge in [-0.2, -0.15) is 0 Å². The van der Waals surface area contributed by atoms with Crippen LogP contribution in [0, 0.1) is 0 Å². The van der Waals surface area contributed by atoms with Crippen molar-refractivity contribution in [3.63, 3.8) is 0 Å².